The molecule has 1 aliphatic carbocycles. The molecular weight excluding hydrogens is 244 g/mol. The molecule has 2 aliphatic rings. The van der Waals surface area contributed by atoms with E-state index >= 15 is 0 Å². The number of urea groups is 1. The van der Waals surface area contributed by atoms with Crippen molar-refractivity contribution in [3.8, 4) is 0 Å². The van der Waals surface area contributed by atoms with Crippen LogP contribution in [0.3, 0.4) is 0 Å². The van der Waals surface area contributed by atoms with E-state index in [1.807, 2.05) is 7.05 Å². The summed E-state index contributed by atoms with van der Waals surface area (Å²) in [6.45, 7) is 1.87. The van der Waals surface area contributed by atoms with Crippen molar-refractivity contribution in [2.45, 2.75) is 38.5 Å². The number of piperidine rings is 1. The van der Waals surface area contributed by atoms with Crippen molar-refractivity contribution in [3.05, 3.63) is 0 Å². The number of likely N-dealkylation sites (tertiary alicyclic amines) is 1. The molecule has 0 bridgehead atoms. The van der Waals surface area contributed by atoms with E-state index < -0.39 is 11.9 Å². The summed E-state index contributed by atoms with van der Waals surface area (Å²) < 4.78 is 0. The number of carboxylic acid groups (broad SMARTS) is 1. The van der Waals surface area contributed by atoms with Crippen LogP contribution in [0.25, 0.3) is 0 Å². The molecule has 1 saturated carbocycles. The first kappa shape index (κ1) is 14.2. The minimum absolute atomic E-state index is 0.00199. The third-order valence-corrected chi connectivity index (χ3v) is 4.37. The van der Waals surface area contributed by atoms with E-state index in [0.717, 1.165) is 13.0 Å². The Morgan fingerprint density at radius 3 is 2.53 bits per heavy atom. The van der Waals surface area contributed by atoms with Gasteiger partial charge in [0.25, 0.3) is 0 Å². The molecule has 1 unspecified atom stereocenters. The number of carboxylic acids is 1. The monoisotopic (exact) mass is 268 g/mol. The summed E-state index contributed by atoms with van der Waals surface area (Å²) in [5.74, 6) is -0.539. The maximum absolute atomic E-state index is 12.3. The highest BCUT2D eigenvalue weighted by Crippen LogP contribution is 2.26. The molecule has 0 aromatic rings. The van der Waals surface area contributed by atoms with Gasteiger partial charge >= 0.3 is 12.0 Å². The topological polar surface area (TPSA) is 60.9 Å². The van der Waals surface area contributed by atoms with Gasteiger partial charge in [-0.1, -0.05) is 12.8 Å². The maximum atomic E-state index is 12.3. The number of aliphatic carboxylic acids is 1. The van der Waals surface area contributed by atoms with E-state index in [-0.39, 0.29) is 6.03 Å². The Labute approximate surface area is 114 Å². The number of rotatable bonds is 3. The Bertz CT molecular complexity index is 340. The summed E-state index contributed by atoms with van der Waals surface area (Å²) >= 11 is 0. The fourth-order valence-corrected chi connectivity index (χ4v) is 3.25. The van der Waals surface area contributed by atoms with Crippen molar-refractivity contribution in [1.82, 2.24) is 9.80 Å². The van der Waals surface area contributed by atoms with Crippen LogP contribution in [-0.4, -0.2) is 53.6 Å². The second kappa shape index (κ2) is 6.26. The Morgan fingerprint density at radius 2 is 1.89 bits per heavy atom. The summed E-state index contributed by atoms with van der Waals surface area (Å²) in [5, 5.41) is 9.05. The highest BCUT2D eigenvalue weighted by Gasteiger charge is 2.30. The molecule has 1 aliphatic heterocycles. The summed E-state index contributed by atoms with van der Waals surface area (Å²) in [6, 6.07) is -0.00199. The van der Waals surface area contributed by atoms with Gasteiger partial charge in [0.15, 0.2) is 0 Å². The molecular formula is C14H24N2O3. The molecule has 2 rings (SSSR count). The first-order valence-electron chi connectivity index (χ1n) is 7.30. The Kier molecular flexibility index (Phi) is 4.66. The Hall–Kier alpha value is -1.26. The van der Waals surface area contributed by atoms with Gasteiger partial charge in [0.1, 0.15) is 0 Å². The van der Waals surface area contributed by atoms with Gasteiger partial charge in [0.2, 0.25) is 0 Å². The van der Waals surface area contributed by atoms with Crippen LogP contribution in [0.2, 0.25) is 0 Å². The quantitative estimate of drug-likeness (QED) is 0.852. The van der Waals surface area contributed by atoms with Crippen LogP contribution < -0.4 is 0 Å². The van der Waals surface area contributed by atoms with Crippen LogP contribution in [0, 0.1) is 11.8 Å². The number of carbonyl (C=O) groups excluding carboxylic acids is 1. The largest absolute Gasteiger partial charge is 0.481 e. The molecule has 0 aromatic carbocycles. The molecule has 5 nitrogen and oxygen atoms in total. The molecule has 1 saturated heterocycles. The van der Waals surface area contributed by atoms with E-state index in [1.54, 1.807) is 9.80 Å². The van der Waals surface area contributed by atoms with E-state index in [1.165, 1.54) is 25.7 Å². The molecule has 5 heteroatoms. The number of carbonyl (C=O) groups is 2. The minimum atomic E-state index is -0.782. The average Bonchev–Trinajstić information content (AvgIpc) is 2.90. The first-order chi connectivity index (χ1) is 9.08. The van der Waals surface area contributed by atoms with Crippen molar-refractivity contribution in [1.29, 1.82) is 0 Å². The average molecular weight is 268 g/mol. The molecule has 1 heterocycles. The van der Waals surface area contributed by atoms with Gasteiger partial charge in [-0.3, -0.25) is 4.79 Å². The van der Waals surface area contributed by atoms with Gasteiger partial charge in [-0.2, -0.15) is 0 Å². The van der Waals surface area contributed by atoms with Gasteiger partial charge in [0, 0.05) is 26.7 Å². The highest BCUT2D eigenvalue weighted by atomic mass is 16.4. The predicted octanol–water partition coefficient (Wildman–Crippen LogP) is 2.03. The standard InChI is InChI=1S/C14H24N2O3/c1-15(9-11-5-2-3-6-11)14(19)16-8-4-7-12(10-16)13(17)18/h11-12H,2-10H2,1H3,(H,17,18). The molecule has 2 amide bonds. The zero-order chi connectivity index (χ0) is 13.8. The van der Waals surface area contributed by atoms with Gasteiger partial charge < -0.3 is 14.9 Å². The normalized spacial score (nSPS) is 24.5. The van der Waals surface area contributed by atoms with Crippen LogP contribution in [-0.2, 0) is 4.79 Å². The Morgan fingerprint density at radius 1 is 1.21 bits per heavy atom. The lowest BCUT2D eigenvalue weighted by Gasteiger charge is -2.34. The Balaban J connectivity index is 1.85. The molecule has 1 atom stereocenters. The van der Waals surface area contributed by atoms with E-state index in [9.17, 15) is 9.59 Å². The summed E-state index contributed by atoms with van der Waals surface area (Å²) in [7, 11) is 1.84. The van der Waals surface area contributed by atoms with Crippen LogP contribution >= 0.6 is 0 Å². The van der Waals surface area contributed by atoms with Gasteiger partial charge in [0.05, 0.1) is 5.92 Å². The molecule has 2 fully saturated rings. The summed E-state index contributed by atoms with van der Waals surface area (Å²) in [4.78, 5) is 26.8. The SMILES string of the molecule is CN(CC1CCCC1)C(=O)N1CCCC(C(=O)O)C1. The fraction of sp³-hybridized carbons (Fsp3) is 0.857. The zero-order valence-electron chi connectivity index (χ0n) is 11.7. The number of nitrogens with zero attached hydrogens (tertiary/aromatic N) is 2. The molecule has 108 valence electrons. The van der Waals surface area contributed by atoms with Crippen molar-refractivity contribution >= 4 is 12.0 Å². The maximum Gasteiger partial charge on any atom is 0.319 e. The predicted molar refractivity (Wildman–Crippen MR) is 71.9 cm³/mol. The van der Waals surface area contributed by atoms with Crippen molar-refractivity contribution in [3.63, 3.8) is 0 Å². The summed E-state index contributed by atoms with van der Waals surface area (Å²) in [6.07, 6.45) is 6.46. The van der Waals surface area contributed by atoms with E-state index in [0.29, 0.717) is 25.4 Å². The molecule has 19 heavy (non-hydrogen) atoms. The van der Waals surface area contributed by atoms with E-state index in [2.05, 4.69) is 0 Å². The van der Waals surface area contributed by atoms with Crippen LogP contribution in [0.15, 0.2) is 0 Å². The smallest absolute Gasteiger partial charge is 0.319 e. The molecule has 0 radical (unpaired) electrons. The minimum Gasteiger partial charge on any atom is -0.481 e. The van der Waals surface area contributed by atoms with Crippen LogP contribution in [0.4, 0.5) is 4.79 Å². The molecule has 0 spiro atoms. The van der Waals surface area contributed by atoms with Crippen molar-refractivity contribution < 1.29 is 14.7 Å². The number of hydrogen-bond acceptors (Lipinski definition) is 2. The lowest BCUT2D eigenvalue weighted by Crippen LogP contribution is -2.48. The van der Waals surface area contributed by atoms with Gasteiger partial charge in [-0.25, -0.2) is 4.79 Å². The first-order valence-corrected chi connectivity index (χ1v) is 7.30. The number of hydrogen-bond donors (Lipinski definition) is 1. The molecule has 0 aromatic heterocycles. The second-order valence-electron chi connectivity index (χ2n) is 5.94. The molecule has 1 N–H and O–H groups in total. The third-order valence-electron chi connectivity index (χ3n) is 4.37. The lowest BCUT2D eigenvalue weighted by molar-refractivity contribution is -0.143. The van der Waals surface area contributed by atoms with Crippen molar-refractivity contribution in [2.75, 3.05) is 26.7 Å². The fourth-order valence-electron chi connectivity index (χ4n) is 3.25. The van der Waals surface area contributed by atoms with Gasteiger partial charge in [-0.05, 0) is 31.6 Å². The van der Waals surface area contributed by atoms with E-state index in [4.69, 9.17) is 5.11 Å². The van der Waals surface area contributed by atoms with Crippen molar-refractivity contribution in [2.24, 2.45) is 11.8 Å². The summed E-state index contributed by atoms with van der Waals surface area (Å²) in [5.41, 5.74) is 0. The zero-order valence-corrected chi connectivity index (χ0v) is 11.7. The highest BCUT2D eigenvalue weighted by molar-refractivity contribution is 5.76. The second-order valence-corrected chi connectivity index (χ2v) is 5.94. The van der Waals surface area contributed by atoms with Crippen LogP contribution in [0.1, 0.15) is 38.5 Å². The lowest BCUT2D eigenvalue weighted by atomic mass is 9.98. The number of amides is 2. The van der Waals surface area contributed by atoms with Crippen LogP contribution in [0.5, 0.6) is 0 Å². The van der Waals surface area contributed by atoms with Gasteiger partial charge in [-0.15, -0.1) is 0 Å². The third kappa shape index (κ3) is 3.61.